The van der Waals surface area contributed by atoms with E-state index in [1.165, 1.54) is 36.5 Å². The van der Waals surface area contributed by atoms with Crippen LogP contribution in [0.2, 0.25) is 10.0 Å². The first-order chi connectivity index (χ1) is 14.7. The lowest BCUT2D eigenvalue weighted by Crippen LogP contribution is -2.44. The average Bonchev–Trinajstić information content (AvgIpc) is 3.17. The summed E-state index contributed by atoms with van der Waals surface area (Å²) in [6.45, 7) is 0. The van der Waals surface area contributed by atoms with E-state index in [2.05, 4.69) is 5.10 Å². The molecule has 160 valence electrons. The summed E-state index contributed by atoms with van der Waals surface area (Å²) in [5.74, 6) is -0.646. The molecule has 0 saturated carbocycles. The van der Waals surface area contributed by atoms with E-state index >= 15 is 0 Å². The van der Waals surface area contributed by atoms with Crippen molar-refractivity contribution in [3.05, 3.63) is 88.5 Å². The zero-order valence-electron chi connectivity index (χ0n) is 15.8. The van der Waals surface area contributed by atoms with Gasteiger partial charge in [-0.05, 0) is 48.0 Å². The topological polar surface area (TPSA) is 38.1 Å². The molecule has 0 bridgehead atoms. The van der Waals surface area contributed by atoms with Gasteiger partial charge in [0.2, 0.25) is 0 Å². The van der Waals surface area contributed by atoms with Crippen LogP contribution in [-0.4, -0.2) is 26.8 Å². The first kappa shape index (κ1) is 22.0. The third-order valence-electron chi connectivity index (χ3n) is 4.85. The van der Waals surface area contributed by atoms with Crippen molar-refractivity contribution in [2.75, 3.05) is 5.75 Å². The molecule has 31 heavy (non-hydrogen) atoms. The molecular formula is C22H15Cl2F3N2OS. The smallest absolute Gasteiger partial charge is 0.376 e. The third kappa shape index (κ3) is 4.28. The summed E-state index contributed by atoms with van der Waals surface area (Å²) in [6.07, 6.45) is -3.41. The standard InChI is InChI=1S/C22H15Cl2F3N2OS/c23-18-8-7-17(11-19(18)24)31-13-21(30,22(25,26)27)15-6-9-20-14(10-15)12-28-29(20)16-4-2-1-3-5-16/h1-12,30H,13H2. The normalized spacial score (nSPS) is 14.0. The van der Waals surface area contributed by atoms with Crippen molar-refractivity contribution in [3.8, 4) is 5.69 Å². The Labute approximate surface area is 190 Å². The maximum atomic E-state index is 14.0. The molecule has 1 N–H and O–H groups in total. The lowest BCUT2D eigenvalue weighted by Gasteiger charge is -2.31. The van der Waals surface area contributed by atoms with Gasteiger partial charge < -0.3 is 5.11 Å². The number of aliphatic hydroxyl groups is 1. The summed E-state index contributed by atoms with van der Waals surface area (Å²) >= 11 is 12.7. The number of benzene rings is 3. The van der Waals surface area contributed by atoms with Crippen molar-refractivity contribution in [1.82, 2.24) is 9.78 Å². The minimum atomic E-state index is -4.89. The number of hydrogen-bond acceptors (Lipinski definition) is 3. The molecule has 1 unspecified atom stereocenters. The van der Waals surface area contributed by atoms with Crippen LogP contribution in [0.15, 0.2) is 77.8 Å². The number of thioether (sulfide) groups is 1. The Balaban J connectivity index is 1.69. The Bertz CT molecular complexity index is 1230. The summed E-state index contributed by atoms with van der Waals surface area (Å²) in [7, 11) is 0. The molecule has 0 fully saturated rings. The van der Waals surface area contributed by atoms with Gasteiger partial charge in [0, 0.05) is 16.0 Å². The molecule has 3 aromatic carbocycles. The molecular weight excluding hydrogens is 468 g/mol. The maximum Gasteiger partial charge on any atom is 0.422 e. The van der Waals surface area contributed by atoms with E-state index in [9.17, 15) is 18.3 Å². The van der Waals surface area contributed by atoms with Gasteiger partial charge in [0.15, 0.2) is 5.60 Å². The molecule has 4 aromatic rings. The van der Waals surface area contributed by atoms with Crippen LogP contribution in [0.4, 0.5) is 13.2 Å². The molecule has 0 amide bonds. The molecule has 0 saturated heterocycles. The first-order valence-electron chi connectivity index (χ1n) is 9.10. The number of nitrogens with zero attached hydrogens (tertiary/aromatic N) is 2. The molecule has 0 spiro atoms. The highest BCUT2D eigenvalue weighted by molar-refractivity contribution is 7.99. The minimum Gasteiger partial charge on any atom is -0.376 e. The fourth-order valence-corrected chi connectivity index (χ4v) is 4.58. The third-order valence-corrected chi connectivity index (χ3v) is 6.74. The van der Waals surface area contributed by atoms with Crippen LogP contribution in [0.25, 0.3) is 16.6 Å². The van der Waals surface area contributed by atoms with Crippen LogP contribution in [0.3, 0.4) is 0 Å². The van der Waals surface area contributed by atoms with Gasteiger partial charge in [0.05, 0.1) is 27.4 Å². The number of fused-ring (bicyclic) bond motifs is 1. The van der Waals surface area contributed by atoms with Crippen molar-refractivity contribution in [2.45, 2.75) is 16.7 Å². The zero-order valence-corrected chi connectivity index (χ0v) is 18.1. The molecule has 4 rings (SSSR count). The van der Waals surface area contributed by atoms with Gasteiger partial charge in [-0.25, -0.2) is 4.68 Å². The Morgan fingerprint density at radius 3 is 2.35 bits per heavy atom. The van der Waals surface area contributed by atoms with E-state index in [0.717, 1.165) is 17.4 Å². The predicted molar refractivity (Wildman–Crippen MR) is 118 cm³/mol. The van der Waals surface area contributed by atoms with Gasteiger partial charge in [-0.1, -0.05) is 47.5 Å². The van der Waals surface area contributed by atoms with Crippen molar-refractivity contribution in [1.29, 1.82) is 0 Å². The first-order valence-corrected chi connectivity index (χ1v) is 10.8. The van der Waals surface area contributed by atoms with Gasteiger partial charge in [-0.3, -0.25) is 0 Å². The van der Waals surface area contributed by atoms with E-state index in [4.69, 9.17) is 23.2 Å². The molecule has 3 nitrogen and oxygen atoms in total. The van der Waals surface area contributed by atoms with Gasteiger partial charge in [0.25, 0.3) is 0 Å². The molecule has 0 aliphatic carbocycles. The largest absolute Gasteiger partial charge is 0.422 e. The molecule has 1 heterocycles. The fraction of sp³-hybridized carbons (Fsp3) is 0.136. The molecule has 0 aliphatic rings. The van der Waals surface area contributed by atoms with Gasteiger partial charge in [-0.2, -0.15) is 18.3 Å². The Kier molecular flexibility index (Phi) is 5.96. The predicted octanol–water partition coefficient (Wildman–Crippen LogP) is 6.87. The molecule has 9 heteroatoms. The summed E-state index contributed by atoms with van der Waals surface area (Å²) in [5.41, 5.74) is -1.90. The van der Waals surface area contributed by atoms with Gasteiger partial charge >= 0.3 is 6.18 Å². The van der Waals surface area contributed by atoms with Crippen LogP contribution in [-0.2, 0) is 5.60 Å². The highest BCUT2D eigenvalue weighted by atomic mass is 35.5. The molecule has 1 atom stereocenters. The second-order valence-corrected chi connectivity index (χ2v) is 8.75. The van der Waals surface area contributed by atoms with Crippen molar-refractivity contribution in [2.24, 2.45) is 0 Å². The van der Waals surface area contributed by atoms with Crippen molar-refractivity contribution in [3.63, 3.8) is 0 Å². The SMILES string of the molecule is OC(CSc1ccc(Cl)c(Cl)c1)(c1ccc2c(cnn2-c2ccccc2)c1)C(F)(F)F. The van der Waals surface area contributed by atoms with E-state index in [1.54, 1.807) is 10.7 Å². The van der Waals surface area contributed by atoms with E-state index in [0.29, 0.717) is 20.8 Å². The minimum absolute atomic E-state index is 0.233. The highest BCUT2D eigenvalue weighted by Gasteiger charge is 2.55. The van der Waals surface area contributed by atoms with Crippen LogP contribution >= 0.6 is 35.0 Å². The van der Waals surface area contributed by atoms with Crippen LogP contribution in [0, 0.1) is 0 Å². The Morgan fingerprint density at radius 2 is 1.68 bits per heavy atom. The van der Waals surface area contributed by atoms with Crippen LogP contribution in [0.5, 0.6) is 0 Å². The maximum absolute atomic E-state index is 14.0. The van der Waals surface area contributed by atoms with Crippen LogP contribution < -0.4 is 0 Å². The quantitative estimate of drug-likeness (QED) is 0.315. The van der Waals surface area contributed by atoms with E-state index in [-0.39, 0.29) is 10.6 Å². The number of para-hydroxylation sites is 1. The monoisotopic (exact) mass is 482 g/mol. The van der Waals surface area contributed by atoms with Crippen LogP contribution in [0.1, 0.15) is 5.56 Å². The van der Waals surface area contributed by atoms with E-state index in [1.807, 2.05) is 30.3 Å². The average molecular weight is 483 g/mol. The molecule has 0 radical (unpaired) electrons. The highest BCUT2D eigenvalue weighted by Crippen LogP contribution is 2.44. The summed E-state index contributed by atoms with van der Waals surface area (Å²) < 4.78 is 43.6. The van der Waals surface area contributed by atoms with E-state index < -0.39 is 17.5 Å². The number of alkyl halides is 3. The number of aromatic nitrogens is 2. The number of hydrogen-bond donors (Lipinski definition) is 1. The Hall–Kier alpha value is -2.19. The summed E-state index contributed by atoms with van der Waals surface area (Å²) in [4.78, 5) is 0.468. The van der Waals surface area contributed by atoms with Crippen molar-refractivity contribution < 1.29 is 18.3 Å². The Morgan fingerprint density at radius 1 is 0.935 bits per heavy atom. The molecule has 0 aliphatic heterocycles. The summed E-state index contributed by atoms with van der Waals surface area (Å²) in [5, 5.41) is 16.1. The van der Waals surface area contributed by atoms with Gasteiger partial charge in [0.1, 0.15) is 0 Å². The molecule has 1 aromatic heterocycles. The fourth-order valence-electron chi connectivity index (χ4n) is 3.15. The van der Waals surface area contributed by atoms with Crippen molar-refractivity contribution >= 4 is 45.9 Å². The number of halogens is 5. The van der Waals surface area contributed by atoms with Gasteiger partial charge in [-0.15, -0.1) is 11.8 Å². The lowest BCUT2D eigenvalue weighted by atomic mass is 9.94. The second-order valence-electron chi connectivity index (χ2n) is 6.89. The second kappa shape index (κ2) is 8.39. The number of rotatable bonds is 5. The summed E-state index contributed by atoms with van der Waals surface area (Å²) in [6, 6.07) is 17.9. The zero-order chi connectivity index (χ0) is 22.2. The lowest BCUT2D eigenvalue weighted by molar-refractivity contribution is -0.256.